The minimum Gasteiger partial charge on any atom is -0.326 e. The van der Waals surface area contributed by atoms with Gasteiger partial charge in [0.15, 0.2) is 0 Å². The second-order valence-electron chi connectivity index (χ2n) is 4.85. The highest BCUT2D eigenvalue weighted by Crippen LogP contribution is 2.15. The molecule has 94 valence electrons. The first-order valence-electron chi connectivity index (χ1n) is 6.39. The molecule has 2 N–H and O–H groups in total. The lowest BCUT2D eigenvalue weighted by Gasteiger charge is -2.16. The van der Waals surface area contributed by atoms with Crippen LogP contribution >= 0.6 is 0 Å². The van der Waals surface area contributed by atoms with Gasteiger partial charge in [0.05, 0.1) is 11.4 Å². The number of benzene rings is 1. The molecule has 3 rings (SSSR count). The van der Waals surface area contributed by atoms with E-state index in [4.69, 9.17) is 5.73 Å². The smallest absolute Gasteiger partial charge is 0.0649 e. The predicted octanol–water partition coefficient (Wildman–Crippen LogP) is 1.41. The standard InChI is InChI=1S/C14H18N4/c15-12-7-9-17(10-12)11-14-6-8-16-18(14)13-4-2-1-3-5-13/h1-6,8,12H,7,9-11,15H2. The third kappa shape index (κ3) is 2.30. The van der Waals surface area contributed by atoms with Gasteiger partial charge in [-0.3, -0.25) is 4.90 Å². The van der Waals surface area contributed by atoms with Crippen molar-refractivity contribution < 1.29 is 0 Å². The first-order valence-corrected chi connectivity index (χ1v) is 6.39. The van der Waals surface area contributed by atoms with Crippen molar-refractivity contribution in [3.8, 4) is 5.69 Å². The molecule has 18 heavy (non-hydrogen) atoms. The van der Waals surface area contributed by atoms with Gasteiger partial charge in [0.25, 0.3) is 0 Å². The SMILES string of the molecule is NC1CCN(Cc2ccnn2-c2ccccc2)C1. The molecule has 2 heterocycles. The lowest BCUT2D eigenvalue weighted by molar-refractivity contribution is 0.319. The van der Waals surface area contributed by atoms with Crippen molar-refractivity contribution in [1.82, 2.24) is 14.7 Å². The fourth-order valence-corrected chi connectivity index (χ4v) is 2.49. The zero-order chi connectivity index (χ0) is 12.4. The molecule has 1 aromatic carbocycles. The number of rotatable bonds is 3. The first kappa shape index (κ1) is 11.4. The van der Waals surface area contributed by atoms with Crippen LogP contribution in [-0.2, 0) is 6.54 Å². The van der Waals surface area contributed by atoms with Crippen LogP contribution in [0.2, 0.25) is 0 Å². The number of hydrogen-bond acceptors (Lipinski definition) is 3. The summed E-state index contributed by atoms with van der Waals surface area (Å²) in [6.45, 7) is 2.99. The number of nitrogens with zero attached hydrogens (tertiary/aromatic N) is 3. The van der Waals surface area contributed by atoms with Crippen LogP contribution in [0.25, 0.3) is 5.69 Å². The predicted molar refractivity (Wildman–Crippen MR) is 71.4 cm³/mol. The highest BCUT2D eigenvalue weighted by Gasteiger charge is 2.20. The molecule has 1 aliphatic heterocycles. The molecular weight excluding hydrogens is 224 g/mol. The van der Waals surface area contributed by atoms with Gasteiger partial charge in [-0.2, -0.15) is 5.10 Å². The molecule has 1 fully saturated rings. The molecule has 0 spiro atoms. The number of likely N-dealkylation sites (tertiary alicyclic amines) is 1. The normalized spacial score (nSPS) is 20.4. The number of aromatic nitrogens is 2. The van der Waals surface area contributed by atoms with Crippen molar-refractivity contribution in [3.63, 3.8) is 0 Å². The summed E-state index contributed by atoms with van der Waals surface area (Å²) in [7, 11) is 0. The van der Waals surface area contributed by atoms with Gasteiger partial charge >= 0.3 is 0 Å². The van der Waals surface area contributed by atoms with Crippen molar-refractivity contribution in [2.24, 2.45) is 5.73 Å². The zero-order valence-corrected chi connectivity index (χ0v) is 10.4. The molecule has 4 heteroatoms. The molecule has 1 aliphatic rings. The van der Waals surface area contributed by atoms with Crippen LogP contribution < -0.4 is 5.73 Å². The summed E-state index contributed by atoms with van der Waals surface area (Å²) < 4.78 is 2.00. The van der Waals surface area contributed by atoms with E-state index in [-0.39, 0.29) is 0 Å². The Bertz CT molecular complexity index is 506. The van der Waals surface area contributed by atoms with Crippen LogP contribution in [0.15, 0.2) is 42.6 Å². The Morgan fingerprint density at radius 2 is 2.06 bits per heavy atom. The van der Waals surface area contributed by atoms with Gasteiger partial charge in [-0.15, -0.1) is 0 Å². The lowest BCUT2D eigenvalue weighted by Crippen LogP contribution is -2.27. The van der Waals surface area contributed by atoms with Crippen LogP contribution in [0, 0.1) is 0 Å². The molecule has 4 nitrogen and oxygen atoms in total. The molecule has 1 unspecified atom stereocenters. The van der Waals surface area contributed by atoms with Gasteiger partial charge < -0.3 is 5.73 Å². The monoisotopic (exact) mass is 242 g/mol. The molecule has 0 radical (unpaired) electrons. The van der Waals surface area contributed by atoms with E-state index in [1.165, 1.54) is 5.69 Å². The van der Waals surface area contributed by atoms with Gasteiger partial charge in [-0.05, 0) is 24.6 Å². The molecule has 0 bridgehead atoms. The van der Waals surface area contributed by atoms with Crippen molar-refractivity contribution in [2.75, 3.05) is 13.1 Å². The summed E-state index contributed by atoms with van der Waals surface area (Å²) >= 11 is 0. The Labute approximate surface area is 107 Å². The Morgan fingerprint density at radius 3 is 2.78 bits per heavy atom. The second kappa shape index (κ2) is 4.92. The molecule has 0 amide bonds. The summed E-state index contributed by atoms with van der Waals surface area (Å²) in [5.41, 5.74) is 8.27. The Morgan fingerprint density at radius 1 is 1.22 bits per heavy atom. The van der Waals surface area contributed by atoms with Gasteiger partial charge in [-0.1, -0.05) is 18.2 Å². The molecule has 1 atom stereocenters. The topological polar surface area (TPSA) is 47.1 Å². The Kier molecular flexibility index (Phi) is 3.13. The fourth-order valence-electron chi connectivity index (χ4n) is 2.49. The second-order valence-corrected chi connectivity index (χ2v) is 4.85. The molecule has 0 saturated carbocycles. The van der Waals surface area contributed by atoms with Crippen molar-refractivity contribution >= 4 is 0 Å². The van der Waals surface area contributed by atoms with Crippen molar-refractivity contribution in [3.05, 3.63) is 48.3 Å². The van der Waals surface area contributed by atoms with Crippen LogP contribution in [0.3, 0.4) is 0 Å². The minimum atomic E-state index is 0.332. The number of hydrogen-bond donors (Lipinski definition) is 1. The third-order valence-corrected chi connectivity index (χ3v) is 3.42. The maximum absolute atomic E-state index is 5.94. The van der Waals surface area contributed by atoms with Crippen LogP contribution in [0.4, 0.5) is 0 Å². The molecule has 1 saturated heterocycles. The molecule has 0 aliphatic carbocycles. The molecule has 1 aromatic heterocycles. The average Bonchev–Trinajstić information content (AvgIpc) is 3.00. The maximum atomic E-state index is 5.94. The largest absolute Gasteiger partial charge is 0.326 e. The highest BCUT2D eigenvalue weighted by atomic mass is 15.3. The minimum absolute atomic E-state index is 0.332. The molecule has 2 aromatic rings. The Balaban J connectivity index is 1.80. The average molecular weight is 242 g/mol. The lowest BCUT2D eigenvalue weighted by atomic mass is 10.3. The van der Waals surface area contributed by atoms with E-state index >= 15 is 0 Å². The van der Waals surface area contributed by atoms with Crippen LogP contribution in [0.5, 0.6) is 0 Å². The first-order chi connectivity index (χ1) is 8.83. The third-order valence-electron chi connectivity index (χ3n) is 3.42. The maximum Gasteiger partial charge on any atom is 0.0649 e. The van der Waals surface area contributed by atoms with E-state index in [0.717, 1.165) is 31.7 Å². The highest BCUT2D eigenvalue weighted by molar-refractivity contribution is 5.32. The zero-order valence-electron chi connectivity index (χ0n) is 10.4. The van der Waals surface area contributed by atoms with E-state index in [9.17, 15) is 0 Å². The van der Waals surface area contributed by atoms with Gasteiger partial charge in [0.2, 0.25) is 0 Å². The van der Waals surface area contributed by atoms with Gasteiger partial charge in [0.1, 0.15) is 0 Å². The van der Waals surface area contributed by atoms with Crippen molar-refractivity contribution in [2.45, 2.75) is 19.0 Å². The number of nitrogens with two attached hydrogens (primary N) is 1. The summed E-state index contributed by atoms with van der Waals surface area (Å²) in [6, 6.07) is 12.7. The number of para-hydroxylation sites is 1. The summed E-state index contributed by atoms with van der Waals surface area (Å²) in [5, 5.41) is 4.41. The van der Waals surface area contributed by atoms with Crippen LogP contribution in [-0.4, -0.2) is 33.8 Å². The molecular formula is C14H18N4. The fraction of sp³-hybridized carbons (Fsp3) is 0.357. The van der Waals surface area contributed by atoms with E-state index in [1.54, 1.807) is 0 Å². The Hall–Kier alpha value is -1.65. The summed E-state index contributed by atoms with van der Waals surface area (Å²) in [5.74, 6) is 0. The van der Waals surface area contributed by atoms with Crippen LogP contribution in [0.1, 0.15) is 12.1 Å². The van der Waals surface area contributed by atoms with Gasteiger partial charge in [-0.25, -0.2) is 4.68 Å². The van der Waals surface area contributed by atoms with E-state index in [1.807, 2.05) is 29.1 Å². The van der Waals surface area contributed by atoms with E-state index in [0.29, 0.717) is 6.04 Å². The summed E-state index contributed by atoms with van der Waals surface area (Å²) in [4.78, 5) is 2.39. The van der Waals surface area contributed by atoms with E-state index in [2.05, 4.69) is 28.2 Å². The summed E-state index contributed by atoms with van der Waals surface area (Å²) in [6.07, 6.45) is 2.96. The van der Waals surface area contributed by atoms with Crippen molar-refractivity contribution in [1.29, 1.82) is 0 Å². The quantitative estimate of drug-likeness (QED) is 0.885. The van der Waals surface area contributed by atoms with Gasteiger partial charge in [0, 0.05) is 31.9 Å². The van der Waals surface area contributed by atoms with E-state index < -0.39 is 0 Å².